The van der Waals surface area contributed by atoms with Gasteiger partial charge in [0.1, 0.15) is 0 Å². The van der Waals surface area contributed by atoms with Crippen LogP contribution < -0.4 is 5.32 Å². The van der Waals surface area contributed by atoms with Crippen molar-refractivity contribution < 1.29 is 9.53 Å². The zero-order valence-electron chi connectivity index (χ0n) is 10.9. The molecule has 0 aliphatic heterocycles. The molecule has 0 amide bonds. The van der Waals surface area contributed by atoms with Gasteiger partial charge < -0.3 is 10.1 Å². The molecule has 0 spiro atoms. The van der Waals surface area contributed by atoms with E-state index in [-0.39, 0.29) is 5.97 Å². The average Bonchev–Trinajstić information content (AvgIpc) is 2.52. The zero-order valence-corrected chi connectivity index (χ0v) is 11.8. The Bertz CT molecular complexity index is 650. The first-order valence-electron chi connectivity index (χ1n) is 5.95. The Morgan fingerprint density at radius 1 is 1.25 bits per heavy atom. The molecule has 5 heteroatoms. The van der Waals surface area contributed by atoms with Crippen LogP contribution in [0.5, 0.6) is 0 Å². The van der Waals surface area contributed by atoms with Crippen LogP contribution in [0.15, 0.2) is 48.8 Å². The molecular formula is C15H14N2O2S. The third kappa shape index (κ3) is 3.80. The van der Waals surface area contributed by atoms with E-state index >= 15 is 0 Å². The molecule has 2 aromatic rings. The summed E-state index contributed by atoms with van der Waals surface area (Å²) in [6.45, 7) is 0. The molecule has 20 heavy (non-hydrogen) atoms. The molecule has 0 aliphatic rings. The molecule has 0 saturated carbocycles. The summed E-state index contributed by atoms with van der Waals surface area (Å²) in [4.78, 5) is 15.5. The van der Waals surface area contributed by atoms with Gasteiger partial charge in [-0.25, -0.2) is 4.79 Å². The van der Waals surface area contributed by atoms with Gasteiger partial charge in [0.05, 0.1) is 23.9 Å². The van der Waals surface area contributed by atoms with E-state index in [1.807, 2.05) is 35.1 Å². The fraction of sp³-hybridized carbons (Fsp3) is 0.0667. The Hall–Kier alpha value is -2.40. The Morgan fingerprint density at radius 3 is 2.75 bits per heavy atom. The number of anilines is 1. The average molecular weight is 286 g/mol. The van der Waals surface area contributed by atoms with E-state index in [0.717, 1.165) is 11.3 Å². The van der Waals surface area contributed by atoms with Gasteiger partial charge in [-0.2, -0.15) is 0 Å². The summed E-state index contributed by atoms with van der Waals surface area (Å²) in [7, 11) is 2.86. The van der Waals surface area contributed by atoms with Crippen molar-refractivity contribution in [1.82, 2.24) is 4.98 Å². The number of pyridine rings is 1. The summed E-state index contributed by atoms with van der Waals surface area (Å²) >= 11 is 0. The summed E-state index contributed by atoms with van der Waals surface area (Å²) < 4.78 is 4.74. The van der Waals surface area contributed by atoms with Crippen LogP contribution in [0.1, 0.15) is 15.9 Å². The number of hydrogen-bond acceptors (Lipinski definition) is 3. The highest BCUT2D eigenvalue weighted by Gasteiger charge is 2.09. The van der Waals surface area contributed by atoms with Gasteiger partial charge in [0.25, 0.3) is 0 Å². The molecule has 0 aliphatic carbocycles. The minimum atomic E-state index is -0.357. The number of rotatable bonds is 4. The lowest BCUT2D eigenvalue weighted by molar-refractivity contribution is 0.0602. The smallest absolute Gasteiger partial charge is 0.339 e. The quantitative estimate of drug-likeness (QED) is 0.693. The standard InChI is InChI=1S/C15H14N2O2S/c1-19-15(18)13-4-2-3-5-14(13)17-11-20-10-12-6-8-16-9-7-12/h2-11,17H,1H3. The fourth-order valence-corrected chi connectivity index (χ4v) is 2.13. The SMILES string of the molecule is COC(=O)c1ccccc1NC=S=Cc1ccncc1. The Kier molecular flexibility index (Phi) is 5.08. The van der Waals surface area contributed by atoms with Crippen molar-refractivity contribution in [3.8, 4) is 0 Å². The van der Waals surface area contributed by atoms with Crippen LogP contribution in [0.4, 0.5) is 5.69 Å². The predicted octanol–water partition coefficient (Wildman–Crippen LogP) is 2.62. The molecule has 0 saturated heterocycles. The first-order chi connectivity index (χ1) is 9.81. The minimum absolute atomic E-state index is 0.357. The number of esters is 1. The second-order valence-corrected chi connectivity index (χ2v) is 4.58. The van der Waals surface area contributed by atoms with E-state index in [1.165, 1.54) is 18.0 Å². The van der Waals surface area contributed by atoms with Crippen LogP contribution in [0.2, 0.25) is 0 Å². The highest BCUT2D eigenvalue weighted by Crippen LogP contribution is 2.14. The number of aromatic nitrogens is 1. The van der Waals surface area contributed by atoms with Crippen LogP contribution in [-0.2, 0) is 4.74 Å². The maximum absolute atomic E-state index is 11.6. The van der Waals surface area contributed by atoms with Crippen molar-refractivity contribution in [2.75, 3.05) is 12.4 Å². The molecule has 1 aromatic carbocycles. The first-order valence-corrected chi connectivity index (χ1v) is 6.90. The molecule has 2 rings (SSSR count). The number of ether oxygens (including phenoxy) is 1. The van der Waals surface area contributed by atoms with Gasteiger partial charge in [0.15, 0.2) is 0 Å². The molecule has 0 atom stereocenters. The van der Waals surface area contributed by atoms with E-state index in [2.05, 4.69) is 10.3 Å². The summed E-state index contributed by atoms with van der Waals surface area (Å²) in [6, 6.07) is 11.1. The number of carbonyl (C=O) groups excluding carboxylic acids is 1. The predicted molar refractivity (Wildman–Crippen MR) is 84.5 cm³/mol. The lowest BCUT2D eigenvalue weighted by Gasteiger charge is -2.05. The minimum Gasteiger partial charge on any atom is -0.465 e. The van der Waals surface area contributed by atoms with E-state index in [0.29, 0.717) is 5.56 Å². The Labute approximate surface area is 121 Å². The van der Waals surface area contributed by atoms with Crippen LogP contribution in [-0.4, -0.2) is 28.9 Å². The molecule has 102 valence electrons. The fourth-order valence-electron chi connectivity index (χ4n) is 1.55. The maximum atomic E-state index is 11.6. The summed E-state index contributed by atoms with van der Waals surface area (Å²) in [5.41, 5.74) is 4.11. The molecule has 0 fully saturated rings. The number of para-hydroxylation sites is 1. The Balaban J connectivity index is 2.11. The van der Waals surface area contributed by atoms with Crippen molar-refractivity contribution in [1.29, 1.82) is 0 Å². The van der Waals surface area contributed by atoms with Crippen molar-refractivity contribution in [3.63, 3.8) is 0 Å². The zero-order chi connectivity index (χ0) is 14.2. The Morgan fingerprint density at radius 2 is 2.00 bits per heavy atom. The number of hydrogen-bond donors (Lipinski definition) is 1. The topological polar surface area (TPSA) is 51.2 Å². The van der Waals surface area contributed by atoms with Crippen molar-refractivity contribution in [2.24, 2.45) is 0 Å². The number of benzene rings is 1. The third-order valence-electron chi connectivity index (χ3n) is 2.53. The number of nitrogens with one attached hydrogen (secondary N) is 1. The molecule has 1 N–H and O–H groups in total. The molecule has 1 heterocycles. The molecule has 1 aromatic heterocycles. The molecular weight excluding hydrogens is 272 g/mol. The van der Waals surface area contributed by atoms with Crippen LogP contribution >= 0.6 is 10.9 Å². The van der Waals surface area contributed by atoms with E-state index in [9.17, 15) is 4.79 Å². The molecule has 0 bridgehead atoms. The van der Waals surface area contributed by atoms with Gasteiger partial charge in [-0.15, -0.1) is 10.9 Å². The van der Waals surface area contributed by atoms with E-state index < -0.39 is 0 Å². The van der Waals surface area contributed by atoms with Crippen LogP contribution in [0.3, 0.4) is 0 Å². The van der Waals surface area contributed by atoms with Gasteiger partial charge in [0.2, 0.25) is 0 Å². The van der Waals surface area contributed by atoms with Crippen molar-refractivity contribution in [3.05, 3.63) is 59.9 Å². The van der Waals surface area contributed by atoms with Gasteiger partial charge in [-0.1, -0.05) is 12.1 Å². The van der Waals surface area contributed by atoms with Gasteiger partial charge in [0, 0.05) is 12.4 Å². The third-order valence-corrected chi connectivity index (χ3v) is 3.19. The van der Waals surface area contributed by atoms with Crippen LogP contribution in [0.25, 0.3) is 0 Å². The second-order valence-electron chi connectivity index (χ2n) is 3.83. The first kappa shape index (κ1) is 14.0. The second kappa shape index (κ2) is 7.25. The van der Waals surface area contributed by atoms with Gasteiger partial charge in [-0.05, 0) is 35.2 Å². The van der Waals surface area contributed by atoms with Gasteiger partial charge >= 0.3 is 5.97 Å². The van der Waals surface area contributed by atoms with Gasteiger partial charge in [-0.3, -0.25) is 4.98 Å². The van der Waals surface area contributed by atoms with Crippen LogP contribution in [0, 0.1) is 0 Å². The number of nitrogens with zero attached hydrogens (tertiary/aromatic N) is 1. The van der Waals surface area contributed by atoms with E-state index in [1.54, 1.807) is 24.5 Å². The van der Waals surface area contributed by atoms with Crippen molar-refractivity contribution in [2.45, 2.75) is 0 Å². The maximum Gasteiger partial charge on any atom is 0.339 e. The number of methoxy groups -OCH3 is 1. The highest BCUT2D eigenvalue weighted by atomic mass is 32.1. The summed E-state index contributed by atoms with van der Waals surface area (Å²) in [6.07, 6.45) is 3.48. The monoisotopic (exact) mass is 286 g/mol. The molecule has 0 unspecified atom stereocenters. The normalized spacial score (nSPS) is 9.45. The summed E-state index contributed by atoms with van der Waals surface area (Å²) in [5.74, 6) is -0.357. The van der Waals surface area contributed by atoms with E-state index in [4.69, 9.17) is 4.74 Å². The molecule has 4 nitrogen and oxygen atoms in total. The number of carbonyl (C=O) groups is 1. The highest BCUT2D eigenvalue weighted by molar-refractivity contribution is 7.96. The largest absolute Gasteiger partial charge is 0.465 e. The molecule has 0 radical (unpaired) electrons. The lowest BCUT2D eigenvalue weighted by atomic mass is 10.2. The van der Waals surface area contributed by atoms with Crippen molar-refractivity contribution >= 4 is 33.5 Å². The summed E-state index contributed by atoms with van der Waals surface area (Å²) in [5, 5.41) is 5.07. The lowest BCUT2D eigenvalue weighted by Crippen LogP contribution is -2.06.